The quantitative estimate of drug-likeness (QED) is 0.734. The Kier molecular flexibility index (Phi) is 5.32. The van der Waals surface area contributed by atoms with Crippen LogP contribution in [0.3, 0.4) is 0 Å². The van der Waals surface area contributed by atoms with Crippen molar-refractivity contribution in [3.05, 3.63) is 35.8 Å². The van der Waals surface area contributed by atoms with E-state index in [1.165, 1.54) is 29.2 Å². The number of nitrogens with one attached hydrogen (secondary N) is 1. The van der Waals surface area contributed by atoms with Crippen LogP contribution in [-0.4, -0.2) is 31.9 Å². The van der Waals surface area contributed by atoms with Crippen LogP contribution in [0, 0.1) is 17.2 Å². The summed E-state index contributed by atoms with van der Waals surface area (Å²) in [6.45, 7) is 0. The first-order chi connectivity index (χ1) is 12.9. The standard InChI is InChI=1S/C17H18F2N6O2/c18-15(19)13-3-1-10(7-22-13)23-17-12(16(21)27)8-25(24-17)14-4-2-11(26)5-9(14)6-20/h1,3,7-9,11,14-15,26H,2,4-5H2,(H2,21,27)(H,23,24)/t9-,11-,14+/m1/s1. The van der Waals surface area contributed by atoms with Crippen LogP contribution in [0.1, 0.15) is 47.8 Å². The molecule has 3 atom stereocenters. The predicted octanol–water partition coefficient (Wildman–Crippen LogP) is 2.28. The van der Waals surface area contributed by atoms with Gasteiger partial charge in [0.2, 0.25) is 0 Å². The summed E-state index contributed by atoms with van der Waals surface area (Å²) in [4.78, 5) is 15.4. The number of halogens is 2. The van der Waals surface area contributed by atoms with Gasteiger partial charge in [-0.25, -0.2) is 8.78 Å². The molecule has 1 aliphatic rings. The van der Waals surface area contributed by atoms with Crippen LogP contribution >= 0.6 is 0 Å². The molecule has 2 heterocycles. The number of anilines is 2. The molecule has 0 unspecified atom stereocenters. The SMILES string of the molecule is N#C[C@H]1C[C@H](O)CC[C@@H]1n1cc(C(N)=O)c(Nc2ccc(C(F)F)nc2)n1. The Hall–Kier alpha value is -3.06. The fraction of sp³-hybridized carbons (Fsp3) is 0.412. The molecule has 0 radical (unpaired) electrons. The lowest BCUT2D eigenvalue weighted by atomic mass is 9.84. The number of pyridine rings is 1. The molecule has 0 aliphatic heterocycles. The number of amides is 1. The van der Waals surface area contributed by atoms with Crippen molar-refractivity contribution in [3.8, 4) is 6.07 Å². The molecule has 0 bridgehead atoms. The van der Waals surface area contributed by atoms with Crippen LogP contribution < -0.4 is 11.1 Å². The Balaban J connectivity index is 1.87. The molecule has 1 fully saturated rings. The van der Waals surface area contributed by atoms with Crippen molar-refractivity contribution in [1.29, 1.82) is 5.26 Å². The minimum atomic E-state index is -2.68. The summed E-state index contributed by atoms with van der Waals surface area (Å²) in [6.07, 6.45) is 0.839. The Morgan fingerprint density at radius 2 is 2.22 bits per heavy atom. The summed E-state index contributed by atoms with van der Waals surface area (Å²) in [6, 6.07) is 4.43. The maximum Gasteiger partial charge on any atom is 0.280 e. The molecule has 0 saturated heterocycles. The molecule has 3 rings (SSSR count). The highest BCUT2D eigenvalue weighted by atomic mass is 19.3. The monoisotopic (exact) mass is 376 g/mol. The van der Waals surface area contributed by atoms with Gasteiger partial charge in [0.05, 0.1) is 36.0 Å². The lowest BCUT2D eigenvalue weighted by molar-refractivity contribution is 0.0861. The second kappa shape index (κ2) is 7.67. The third kappa shape index (κ3) is 4.03. The van der Waals surface area contributed by atoms with Gasteiger partial charge < -0.3 is 16.2 Å². The summed E-state index contributed by atoms with van der Waals surface area (Å²) in [5, 5.41) is 26.3. The molecule has 10 heteroatoms. The van der Waals surface area contributed by atoms with Crippen molar-refractivity contribution in [2.75, 3.05) is 5.32 Å². The van der Waals surface area contributed by atoms with Gasteiger partial charge in [0.25, 0.3) is 12.3 Å². The van der Waals surface area contributed by atoms with E-state index in [1.54, 1.807) is 0 Å². The minimum absolute atomic E-state index is 0.107. The highest BCUT2D eigenvalue weighted by molar-refractivity contribution is 5.98. The molecule has 2 aromatic rings. The number of nitrogens with zero attached hydrogens (tertiary/aromatic N) is 4. The zero-order chi connectivity index (χ0) is 19.6. The third-order valence-corrected chi connectivity index (χ3v) is 4.56. The maximum absolute atomic E-state index is 12.6. The highest BCUT2D eigenvalue weighted by Crippen LogP contribution is 2.34. The number of carbonyl (C=O) groups is 1. The van der Waals surface area contributed by atoms with E-state index < -0.39 is 24.4 Å². The van der Waals surface area contributed by atoms with Gasteiger partial charge in [-0.05, 0) is 31.4 Å². The molecule has 1 aliphatic carbocycles. The summed E-state index contributed by atoms with van der Waals surface area (Å²) < 4.78 is 26.7. The van der Waals surface area contributed by atoms with Gasteiger partial charge in [-0.3, -0.25) is 14.5 Å². The number of aromatic nitrogens is 3. The van der Waals surface area contributed by atoms with Gasteiger partial charge >= 0.3 is 0 Å². The van der Waals surface area contributed by atoms with Gasteiger partial charge in [-0.1, -0.05) is 0 Å². The van der Waals surface area contributed by atoms with Crippen LogP contribution in [0.25, 0.3) is 0 Å². The van der Waals surface area contributed by atoms with Crippen molar-refractivity contribution in [2.45, 2.75) is 37.8 Å². The van der Waals surface area contributed by atoms with E-state index in [9.17, 15) is 23.9 Å². The number of carbonyl (C=O) groups excluding carboxylic acids is 1. The van der Waals surface area contributed by atoms with Gasteiger partial charge in [-0.15, -0.1) is 0 Å². The van der Waals surface area contributed by atoms with E-state index in [2.05, 4.69) is 21.5 Å². The van der Waals surface area contributed by atoms with Crippen LogP contribution in [0.4, 0.5) is 20.3 Å². The van der Waals surface area contributed by atoms with Crippen LogP contribution in [0.2, 0.25) is 0 Å². The largest absolute Gasteiger partial charge is 0.393 e. The molecule has 1 amide bonds. The van der Waals surface area contributed by atoms with Crippen LogP contribution in [0.5, 0.6) is 0 Å². The number of aliphatic hydroxyl groups is 1. The Morgan fingerprint density at radius 1 is 1.44 bits per heavy atom. The van der Waals surface area contributed by atoms with Gasteiger partial charge in [0, 0.05) is 6.20 Å². The van der Waals surface area contributed by atoms with Gasteiger partial charge in [0.15, 0.2) is 5.82 Å². The number of nitrogens with two attached hydrogens (primary N) is 1. The second-order valence-corrected chi connectivity index (χ2v) is 6.40. The molecule has 142 valence electrons. The Labute approximate surface area is 153 Å². The normalized spacial score (nSPS) is 22.4. The lowest BCUT2D eigenvalue weighted by Gasteiger charge is -2.30. The number of rotatable bonds is 5. The van der Waals surface area contributed by atoms with Gasteiger partial charge in [0.1, 0.15) is 11.3 Å². The fourth-order valence-corrected chi connectivity index (χ4v) is 3.17. The first kappa shape index (κ1) is 18.7. The van der Waals surface area contributed by atoms with Crippen molar-refractivity contribution >= 4 is 17.4 Å². The van der Waals surface area contributed by atoms with E-state index in [4.69, 9.17) is 5.73 Å². The van der Waals surface area contributed by atoms with E-state index in [0.717, 1.165) is 0 Å². The number of alkyl halides is 2. The highest BCUT2D eigenvalue weighted by Gasteiger charge is 2.32. The molecule has 27 heavy (non-hydrogen) atoms. The Bertz CT molecular complexity index is 861. The molecule has 0 aromatic carbocycles. The predicted molar refractivity (Wildman–Crippen MR) is 91.2 cm³/mol. The Morgan fingerprint density at radius 3 is 2.81 bits per heavy atom. The van der Waals surface area contributed by atoms with E-state index in [-0.39, 0.29) is 23.1 Å². The van der Waals surface area contributed by atoms with E-state index >= 15 is 0 Å². The molecule has 8 nitrogen and oxygen atoms in total. The number of nitriles is 1. The summed E-state index contributed by atoms with van der Waals surface area (Å²) in [7, 11) is 0. The number of aliphatic hydroxyl groups excluding tert-OH is 1. The van der Waals surface area contributed by atoms with E-state index in [0.29, 0.717) is 24.9 Å². The van der Waals surface area contributed by atoms with Crippen LogP contribution in [-0.2, 0) is 0 Å². The summed E-state index contributed by atoms with van der Waals surface area (Å²) in [5.41, 5.74) is 5.52. The zero-order valence-corrected chi connectivity index (χ0v) is 14.2. The molecule has 4 N–H and O–H groups in total. The van der Waals surface area contributed by atoms with Crippen LogP contribution in [0.15, 0.2) is 24.5 Å². The number of primary amides is 1. The zero-order valence-electron chi connectivity index (χ0n) is 14.2. The smallest absolute Gasteiger partial charge is 0.280 e. The molecule has 2 aromatic heterocycles. The topological polar surface area (TPSA) is 130 Å². The maximum atomic E-state index is 12.6. The average Bonchev–Trinajstić information content (AvgIpc) is 3.05. The first-order valence-corrected chi connectivity index (χ1v) is 8.36. The average molecular weight is 376 g/mol. The third-order valence-electron chi connectivity index (χ3n) is 4.56. The van der Waals surface area contributed by atoms with Crippen molar-refractivity contribution in [1.82, 2.24) is 14.8 Å². The lowest BCUT2D eigenvalue weighted by Crippen LogP contribution is -2.29. The summed E-state index contributed by atoms with van der Waals surface area (Å²) in [5.74, 6) is -1.02. The van der Waals surface area contributed by atoms with E-state index in [1.807, 2.05) is 0 Å². The second-order valence-electron chi connectivity index (χ2n) is 6.40. The minimum Gasteiger partial charge on any atom is -0.393 e. The molecule has 0 spiro atoms. The number of hydrogen-bond acceptors (Lipinski definition) is 6. The molecule has 1 saturated carbocycles. The van der Waals surface area contributed by atoms with Gasteiger partial charge in [-0.2, -0.15) is 10.4 Å². The molecular formula is C17H18F2N6O2. The fourth-order valence-electron chi connectivity index (χ4n) is 3.17. The van der Waals surface area contributed by atoms with Crippen molar-refractivity contribution in [2.24, 2.45) is 11.7 Å². The van der Waals surface area contributed by atoms with Crippen molar-refractivity contribution < 1.29 is 18.7 Å². The summed E-state index contributed by atoms with van der Waals surface area (Å²) >= 11 is 0. The number of hydrogen-bond donors (Lipinski definition) is 3. The van der Waals surface area contributed by atoms with Crippen molar-refractivity contribution in [3.63, 3.8) is 0 Å². The molecular weight excluding hydrogens is 358 g/mol. The first-order valence-electron chi connectivity index (χ1n) is 8.36.